The summed E-state index contributed by atoms with van der Waals surface area (Å²) in [5.41, 5.74) is 0.809. The summed E-state index contributed by atoms with van der Waals surface area (Å²) in [6.07, 6.45) is 0.819. The lowest BCUT2D eigenvalue weighted by Gasteiger charge is -2.28. The maximum atomic E-state index is 11.9. The van der Waals surface area contributed by atoms with E-state index in [1.54, 1.807) is 12.1 Å². The fourth-order valence-corrected chi connectivity index (χ4v) is 2.22. The Kier molecular flexibility index (Phi) is 5.10. The quantitative estimate of drug-likeness (QED) is 0.658. The number of hydrogen-bond acceptors (Lipinski definition) is 5. The predicted octanol–water partition coefficient (Wildman–Crippen LogP) is 1.57. The van der Waals surface area contributed by atoms with Crippen LogP contribution in [0.3, 0.4) is 0 Å². The van der Waals surface area contributed by atoms with Crippen LogP contribution in [0.2, 0.25) is 0 Å². The van der Waals surface area contributed by atoms with Gasteiger partial charge >= 0.3 is 0 Å². The normalized spacial score (nSPS) is 14.8. The first kappa shape index (κ1) is 15.2. The van der Waals surface area contributed by atoms with Gasteiger partial charge in [0.2, 0.25) is 0 Å². The molecule has 1 aliphatic heterocycles. The molecule has 0 radical (unpaired) electrons. The smallest absolute Gasteiger partial charge is 0.293 e. The van der Waals surface area contributed by atoms with Crippen molar-refractivity contribution < 1.29 is 14.5 Å². The van der Waals surface area contributed by atoms with Gasteiger partial charge in [0.05, 0.1) is 18.1 Å². The number of benzene rings is 1. The highest BCUT2D eigenvalue weighted by Crippen LogP contribution is 2.29. The van der Waals surface area contributed by atoms with Gasteiger partial charge in [0.25, 0.3) is 11.6 Å². The molecule has 1 saturated heterocycles. The van der Waals surface area contributed by atoms with E-state index in [2.05, 4.69) is 5.32 Å². The van der Waals surface area contributed by atoms with Crippen LogP contribution in [0.25, 0.3) is 0 Å². The van der Waals surface area contributed by atoms with Crippen molar-refractivity contribution in [2.24, 2.45) is 0 Å². The van der Waals surface area contributed by atoms with E-state index in [9.17, 15) is 14.9 Å². The summed E-state index contributed by atoms with van der Waals surface area (Å²) >= 11 is 0. The Bertz CT molecular complexity index is 527. The van der Waals surface area contributed by atoms with Gasteiger partial charge in [0.15, 0.2) is 0 Å². The second-order valence-corrected chi connectivity index (χ2v) is 4.82. The van der Waals surface area contributed by atoms with Gasteiger partial charge in [-0.3, -0.25) is 14.9 Å². The fraction of sp³-hybridized carbons (Fsp3) is 0.500. The number of carbonyl (C=O) groups is 1. The number of nitro groups is 1. The lowest BCUT2D eigenvalue weighted by Crippen LogP contribution is -2.36. The first-order valence-corrected chi connectivity index (χ1v) is 7.02. The molecular weight excluding hydrogens is 274 g/mol. The molecule has 0 aliphatic carbocycles. The molecule has 114 valence electrons. The van der Waals surface area contributed by atoms with Crippen molar-refractivity contribution in [1.82, 2.24) is 5.32 Å². The van der Waals surface area contributed by atoms with E-state index in [1.807, 2.05) is 11.8 Å². The van der Waals surface area contributed by atoms with Crippen molar-refractivity contribution in [2.75, 3.05) is 37.7 Å². The average molecular weight is 293 g/mol. The number of rotatable bonds is 5. The average Bonchev–Trinajstić information content (AvgIpc) is 2.52. The summed E-state index contributed by atoms with van der Waals surface area (Å²) in [6, 6.07) is 4.61. The molecule has 1 aromatic rings. The number of hydrogen-bond donors (Lipinski definition) is 1. The Labute approximate surface area is 123 Å². The topological polar surface area (TPSA) is 84.7 Å². The maximum absolute atomic E-state index is 11.9. The number of morpholine rings is 1. The summed E-state index contributed by atoms with van der Waals surface area (Å²) in [5, 5.41) is 14.0. The van der Waals surface area contributed by atoms with E-state index in [-0.39, 0.29) is 11.6 Å². The number of nitrogens with zero attached hydrogens (tertiary/aromatic N) is 2. The molecule has 1 heterocycles. The molecule has 2 rings (SSSR count). The van der Waals surface area contributed by atoms with Gasteiger partial charge in [-0.15, -0.1) is 0 Å². The molecule has 0 atom stereocenters. The van der Waals surface area contributed by atoms with Gasteiger partial charge in [0.1, 0.15) is 5.69 Å². The zero-order valence-corrected chi connectivity index (χ0v) is 12.0. The highest BCUT2D eigenvalue weighted by atomic mass is 16.6. The number of nitro benzene ring substituents is 1. The first-order chi connectivity index (χ1) is 10.1. The Morgan fingerprint density at radius 3 is 2.76 bits per heavy atom. The third kappa shape index (κ3) is 3.69. The van der Waals surface area contributed by atoms with Gasteiger partial charge in [-0.1, -0.05) is 6.92 Å². The van der Waals surface area contributed by atoms with Crippen molar-refractivity contribution in [3.63, 3.8) is 0 Å². The van der Waals surface area contributed by atoms with Crippen LogP contribution in [-0.4, -0.2) is 43.7 Å². The highest BCUT2D eigenvalue weighted by Gasteiger charge is 2.23. The highest BCUT2D eigenvalue weighted by molar-refractivity contribution is 5.95. The van der Waals surface area contributed by atoms with E-state index in [0.717, 1.165) is 6.42 Å². The van der Waals surface area contributed by atoms with Crippen LogP contribution < -0.4 is 10.2 Å². The number of carbonyl (C=O) groups excluding carboxylic acids is 1. The molecule has 1 aromatic carbocycles. The van der Waals surface area contributed by atoms with Gasteiger partial charge in [-0.05, 0) is 18.6 Å². The summed E-state index contributed by atoms with van der Waals surface area (Å²) in [4.78, 5) is 24.6. The van der Waals surface area contributed by atoms with Crippen molar-refractivity contribution in [1.29, 1.82) is 0 Å². The number of nitrogens with one attached hydrogen (secondary N) is 1. The minimum atomic E-state index is -0.443. The molecule has 0 unspecified atom stereocenters. The summed E-state index contributed by atoms with van der Waals surface area (Å²) < 4.78 is 5.25. The SMILES string of the molecule is CCCNC(=O)c1ccc(N2CCOCC2)c([N+](=O)[O-])c1. The van der Waals surface area contributed by atoms with Crippen LogP contribution in [-0.2, 0) is 4.74 Å². The van der Waals surface area contributed by atoms with Crippen LogP contribution in [0.4, 0.5) is 11.4 Å². The summed E-state index contributed by atoms with van der Waals surface area (Å²) in [6.45, 7) is 4.83. The minimum absolute atomic E-state index is 0.0407. The molecule has 0 spiro atoms. The molecule has 0 saturated carbocycles. The van der Waals surface area contributed by atoms with E-state index >= 15 is 0 Å². The third-order valence-electron chi connectivity index (χ3n) is 3.32. The lowest BCUT2D eigenvalue weighted by molar-refractivity contribution is -0.384. The van der Waals surface area contributed by atoms with Crippen LogP contribution >= 0.6 is 0 Å². The van der Waals surface area contributed by atoms with Crippen molar-refractivity contribution in [3.05, 3.63) is 33.9 Å². The van der Waals surface area contributed by atoms with E-state index in [0.29, 0.717) is 44.1 Å². The van der Waals surface area contributed by atoms with Crippen LogP contribution in [0.5, 0.6) is 0 Å². The Hall–Kier alpha value is -2.15. The van der Waals surface area contributed by atoms with Gasteiger partial charge in [-0.25, -0.2) is 0 Å². The maximum Gasteiger partial charge on any atom is 0.293 e. The molecule has 1 N–H and O–H groups in total. The number of ether oxygens (including phenoxy) is 1. The molecule has 0 aromatic heterocycles. The van der Waals surface area contributed by atoms with Gasteiger partial charge in [-0.2, -0.15) is 0 Å². The Morgan fingerprint density at radius 2 is 2.14 bits per heavy atom. The number of anilines is 1. The molecule has 1 aliphatic rings. The summed E-state index contributed by atoms with van der Waals surface area (Å²) in [5.74, 6) is -0.284. The second kappa shape index (κ2) is 7.03. The molecule has 0 bridgehead atoms. The second-order valence-electron chi connectivity index (χ2n) is 4.82. The standard InChI is InChI=1S/C14H19N3O4/c1-2-5-15-14(18)11-3-4-12(13(10-11)17(19)20)16-6-8-21-9-7-16/h3-4,10H,2,5-9H2,1H3,(H,15,18). The molecule has 7 nitrogen and oxygen atoms in total. The number of amides is 1. The van der Waals surface area contributed by atoms with Crippen LogP contribution in [0, 0.1) is 10.1 Å². The molecule has 1 amide bonds. The van der Waals surface area contributed by atoms with Crippen molar-refractivity contribution in [2.45, 2.75) is 13.3 Å². The van der Waals surface area contributed by atoms with E-state index in [4.69, 9.17) is 4.74 Å². The molecule has 7 heteroatoms. The zero-order valence-electron chi connectivity index (χ0n) is 12.0. The molecule has 21 heavy (non-hydrogen) atoms. The Balaban J connectivity index is 2.26. The molecular formula is C14H19N3O4. The lowest BCUT2D eigenvalue weighted by atomic mass is 10.1. The Morgan fingerprint density at radius 1 is 1.43 bits per heavy atom. The van der Waals surface area contributed by atoms with E-state index < -0.39 is 4.92 Å². The first-order valence-electron chi connectivity index (χ1n) is 7.02. The minimum Gasteiger partial charge on any atom is -0.378 e. The van der Waals surface area contributed by atoms with Crippen LogP contribution in [0.15, 0.2) is 18.2 Å². The monoisotopic (exact) mass is 293 g/mol. The summed E-state index contributed by atoms with van der Waals surface area (Å²) in [7, 11) is 0. The van der Waals surface area contributed by atoms with Crippen molar-refractivity contribution >= 4 is 17.3 Å². The third-order valence-corrected chi connectivity index (χ3v) is 3.32. The predicted molar refractivity (Wildman–Crippen MR) is 78.8 cm³/mol. The van der Waals surface area contributed by atoms with Crippen LogP contribution in [0.1, 0.15) is 23.7 Å². The van der Waals surface area contributed by atoms with Gasteiger partial charge in [0, 0.05) is 31.3 Å². The zero-order chi connectivity index (χ0) is 15.2. The molecule has 1 fully saturated rings. The van der Waals surface area contributed by atoms with Gasteiger partial charge < -0.3 is 15.0 Å². The van der Waals surface area contributed by atoms with E-state index in [1.165, 1.54) is 6.07 Å². The van der Waals surface area contributed by atoms with Crippen molar-refractivity contribution in [3.8, 4) is 0 Å². The fourth-order valence-electron chi connectivity index (χ4n) is 2.22. The largest absolute Gasteiger partial charge is 0.378 e.